The summed E-state index contributed by atoms with van der Waals surface area (Å²) in [6, 6.07) is 11.4. The van der Waals surface area contributed by atoms with Crippen LogP contribution in [0.3, 0.4) is 0 Å². The van der Waals surface area contributed by atoms with Gasteiger partial charge in [0.25, 0.3) is 0 Å². The number of fused-ring (bicyclic) bond motifs is 1. The van der Waals surface area contributed by atoms with Gasteiger partial charge in [-0.15, -0.1) is 0 Å². The van der Waals surface area contributed by atoms with E-state index >= 15 is 0 Å². The number of hydrogen-bond acceptors (Lipinski definition) is 5. The topological polar surface area (TPSA) is 59.1 Å². The summed E-state index contributed by atoms with van der Waals surface area (Å²) < 4.78 is 38.5. The first-order valence-corrected chi connectivity index (χ1v) is 12.4. The monoisotopic (exact) mass is 444 g/mol. The molecule has 0 radical (unpaired) electrons. The first kappa shape index (κ1) is 22.1. The zero-order valence-corrected chi connectivity index (χ0v) is 19.5. The van der Waals surface area contributed by atoms with Crippen LogP contribution < -0.4 is 9.47 Å². The minimum atomic E-state index is -3.40. The van der Waals surface area contributed by atoms with Gasteiger partial charge in [0.1, 0.15) is 0 Å². The van der Waals surface area contributed by atoms with Crippen molar-refractivity contribution in [2.24, 2.45) is 5.92 Å². The Labute approximate surface area is 185 Å². The number of sulfonamides is 1. The Morgan fingerprint density at radius 1 is 0.968 bits per heavy atom. The van der Waals surface area contributed by atoms with Crippen LogP contribution in [0.15, 0.2) is 41.3 Å². The number of methoxy groups -OCH3 is 2. The molecule has 0 bridgehead atoms. The highest BCUT2D eigenvalue weighted by molar-refractivity contribution is 7.89. The molecule has 0 aliphatic carbocycles. The second-order valence-corrected chi connectivity index (χ2v) is 10.6. The van der Waals surface area contributed by atoms with Crippen LogP contribution in [0.1, 0.15) is 29.5 Å². The van der Waals surface area contributed by atoms with E-state index in [1.165, 1.54) is 11.1 Å². The third kappa shape index (κ3) is 4.73. The molecule has 4 rings (SSSR count). The van der Waals surface area contributed by atoms with Gasteiger partial charge in [-0.3, -0.25) is 4.90 Å². The first-order valence-electron chi connectivity index (χ1n) is 10.9. The van der Waals surface area contributed by atoms with Crippen LogP contribution in [0.25, 0.3) is 0 Å². The first-order chi connectivity index (χ1) is 14.9. The summed E-state index contributed by atoms with van der Waals surface area (Å²) in [6.45, 7) is 6.04. The lowest BCUT2D eigenvalue weighted by molar-refractivity contribution is 0.171. The predicted octanol–water partition coefficient (Wildman–Crippen LogP) is 3.47. The lowest BCUT2D eigenvalue weighted by atomic mass is 9.94. The molecule has 0 amide bonds. The molecule has 0 aromatic heterocycles. The molecule has 2 aliphatic rings. The molecule has 0 unspecified atom stereocenters. The maximum absolute atomic E-state index is 13.0. The fraction of sp³-hybridized carbons (Fsp3) is 0.500. The van der Waals surface area contributed by atoms with Crippen LogP contribution in [0.5, 0.6) is 11.5 Å². The maximum atomic E-state index is 13.0. The SMILES string of the molecule is COc1cc2c(cc1OC)CN(CC1CCN(S(=O)(=O)c3cccc(C)c3)CC1)CC2. The summed E-state index contributed by atoms with van der Waals surface area (Å²) >= 11 is 0. The van der Waals surface area contributed by atoms with E-state index < -0.39 is 10.0 Å². The van der Waals surface area contributed by atoms with Crippen molar-refractivity contribution in [3.63, 3.8) is 0 Å². The Bertz CT molecular complexity index is 1030. The van der Waals surface area contributed by atoms with Crippen molar-refractivity contribution in [2.75, 3.05) is 40.4 Å². The summed E-state index contributed by atoms with van der Waals surface area (Å²) in [5, 5.41) is 0. The van der Waals surface area contributed by atoms with Crippen molar-refractivity contribution < 1.29 is 17.9 Å². The van der Waals surface area contributed by atoms with E-state index in [9.17, 15) is 8.42 Å². The molecule has 2 aromatic carbocycles. The number of aryl methyl sites for hydroxylation is 1. The third-order valence-electron chi connectivity index (χ3n) is 6.51. The van der Waals surface area contributed by atoms with Gasteiger partial charge >= 0.3 is 0 Å². The highest BCUT2D eigenvalue weighted by Gasteiger charge is 2.31. The summed E-state index contributed by atoms with van der Waals surface area (Å²) in [5.41, 5.74) is 3.59. The number of piperidine rings is 1. The zero-order chi connectivity index (χ0) is 22.0. The summed E-state index contributed by atoms with van der Waals surface area (Å²) in [4.78, 5) is 2.90. The average molecular weight is 445 g/mol. The van der Waals surface area contributed by atoms with E-state index in [2.05, 4.69) is 17.0 Å². The van der Waals surface area contributed by atoms with Gasteiger partial charge in [-0.2, -0.15) is 4.31 Å². The number of ether oxygens (including phenoxy) is 2. The van der Waals surface area contributed by atoms with Gasteiger partial charge in [-0.25, -0.2) is 8.42 Å². The number of benzene rings is 2. The molecule has 2 aliphatic heterocycles. The standard InChI is InChI=1S/C24H32N2O4S/c1-18-5-4-6-22(13-18)31(27,28)26-11-7-19(8-12-26)16-25-10-9-20-14-23(29-2)24(30-3)15-21(20)17-25/h4-6,13-15,19H,7-12,16-17H2,1-3H3. The Morgan fingerprint density at radius 2 is 1.65 bits per heavy atom. The fourth-order valence-electron chi connectivity index (χ4n) is 4.72. The van der Waals surface area contributed by atoms with Gasteiger partial charge < -0.3 is 9.47 Å². The van der Waals surface area contributed by atoms with Crippen LogP contribution in [0.2, 0.25) is 0 Å². The average Bonchev–Trinajstić information content (AvgIpc) is 2.78. The molecule has 31 heavy (non-hydrogen) atoms. The minimum absolute atomic E-state index is 0.406. The molecule has 168 valence electrons. The Kier molecular flexibility index (Phi) is 6.55. The second kappa shape index (κ2) is 9.18. The number of rotatable bonds is 6. The maximum Gasteiger partial charge on any atom is 0.243 e. The molecule has 1 saturated heterocycles. The Morgan fingerprint density at radius 3 is 2.29 bits per heavy atom. The van der Waals surface area contributed by atoms with Gasteiger partial charge in [0.15, 0.2) is 11.5 Å². The predicted molar refractivity (Wildman–Crippen MR) is 121 cm³/mol. The van der Waals surface area contributed by atoms with Crippen molar-refractivity contribution in [1.82, 2.24) is 9.21 Å². The normalized spacial score (nSPS) is 18.5. The molecule has 0 spiro atoms. The molecule has 7 heteroatoms. The van der Waals surface area contributed by atoms with E-state index in [1.807, 2.05) is 19.1 Å². The van der Waals surface area contributed by atoms with Gasteiger partial charge in [-0.05, 0) is 73.1 Å². The van der Waals surface area contributed by atoms with Crippen LogP contribution in [-0.2, 0) is 23.0 Å². The van der Waals surface area contributed by atoms with Crippen molar-refractivity contribution in [2.45, 2.75) is 37.6 Å². The molecule has 2 heterocycles. The van der Waals surface area contributed by atoms with Gasteiger partial charge in [0.2, 0.25) is 10.0 Å². The molecule has 1 fully saturated rings. The van der Waals surface area contributed by atoms with Crippen molar-refractivity contribution >= 4 is 10.0 Å². The summed E-state index contributed by atoms with van der Waals surface area (Å²) in [5.74, 6) is 2.08. The lowest BCUT2D eigenvalue weighted by Crippen LogP contribution is -2.42. The Hall–Kier alpha value is -2.09. The van der Waals surface area contributed by atoms with Gasteiger partial charge in [0.05, 0.1) is 19.1 Å². The van der Waals surface area contributed by atoms with Gasteiger partial charge in [0, 0.05) is 32.7 Å². The molecule has 0 atom stereocenters. The highest BCUT2D eigenvalue weighted by atomic mass is 32.2. The van der Waals surface area contributed by atoms with Crippen molar-refractivity contribution in [3.8, 4) is 11.5 Å². The molecule has 0 saturated carbocycles. The van der Waals surface area contributed by atoms with E-state index in [0.717, 1.165) is 56.0 Å². The third-order valence-corrected chi connectivity index (χ3v) is 8.41. The fourth-order valence-corrected chi connectivity index (χ4v) is 6.29. The summed E-state index contributed by atoms with van der Waals surface area (Å²) in [7, 11) is -0.0598. The lowest BCUT2D eigenvalue weighted by Gasteiger charge is -2.36. The quantitative estimate of drug-likeness (QED) is 0.683. The van der Waals surface area contributed by atoms with E-state index in [1.54, 1.807) is 30.7 Å². The largest absolute Gasteiger partial charge is 0.493 e. The summed E-state index contributed by atoms with van der Waals surface area (Å²) in [6.07, 6.45) is 2.80. The minimum Gasteiger partial charge on any atom is -0.493 e. The van der Waals surface area contributed by atoms with E-state index in [-0.39, 0.29) is 0 Å². The Balaban J connectivity index is 1.36. The van der Waals surface area contributed by atoms with Crippen molar-refractivity contribution in [3.05, 3.63) is 53.1 Å². The zero-order valence-electron chi connectivity index (χ0n) is 18.6. The van der Waals surface area contributed by atoms with Crippen LogP contribution in [-0.4, -0.2) is 58.0 Å². The molecule has 6 nitrogen and oxygen atoms in total. The molecule has 0 N–H and O–H groups in total. The molecular weight excluding hydrogens is 412 g/mol. The number of hydrogen-bond donors (Lipinski definition) is 0. The number of nitrogens with zero attached hydrogens (tertiary/aromatic N) is 2. The molecule has 2 aromatic rings. The van der Waals surface area contributed by atoms with Crippen LogP contribution >= 0.6 is 0 Å². The van der Waals surface area contributed by atoms with Crippen LogP contribution in [0.4, 0.5) is 0 Å². The van der Waals surface area contributed by atoms with Crippen molar-refractivity contribution in [1.29, 1.82) is 0 Å². The van der Waals surface area contributed by atoms with Crippen LogP contribution in [0, 0.1) is 12.8 Å². The van der Waals surface area contributed by atoms with E-state index in [4.69, 9.17) is 9.47 Å². The second-order valence-electron chi connectivity index (χ2n) is 8.62. The highest BCUT2D eigenvalue weighted by Crippen LogP contribution is 2.34. The molecular formula is C24H32N2O4S. The smallest absolute Gasteiger partial charge is 0.243 e. The van der Waals surface area contributed by atoms with Gasteiger partial charge in [-0.1, -0.05) is 12.1 Å². The van der Waals surface area contributed by atoms with E-state index in [0.29, 0.717) is 23.9 Å².